The topological polar surface area (TPSA) is 122 Å². The van der Waals surface area contributed by atoms with Crippen molar-refractivity contribution >= 4 is 55.6 Å². The van der Waals surface area contributed by atoms with Crippen LogP contribution >= 0.6 is 11.6 Å². The smallest absolute Gasteiger partial charge is 0.248 e. The number of aliphatic hydroxyl groups is 1. The molecule has 1 fully saturated rings. The molecule has 0 spiro atoms. The molecule has 2 atom stereocenters. The first-order chi connectivity index (χ1) is 20.7. The van der Waals surface area contributed by atoms with Gasteiger partial charge in [0.1, 0.15) is 17.7 Å². The molecule has 43 heavy (non-hydrogen) atoms. The molecule has 1 amide bonds. The summed E-state index contributed by atoms with van der Waals surface area (Å²) in [6.45, 7) is 4.45. The minimum absolute atomic E-state index is 0.243. The Labute approximate surface area is 258 Å². The second kappa shape index (κ2) is 13.7. The van der Waals surface area contributed by atoms with Crippen LogP contribution in [0.4, 0.5) is 11.5 Å². The van der Waals surface area contributed by atoms with Crippen molar-refractivity contribution in [3.63, 3.8) is 0 Å². The van der Waals surface area contributed by atoms with Crippen LogP contribution in [0.5, 0.6) is 5.75 Å². The molecule has 1 aromatic carbocycles. The molecule has 1 unspecified atom stereocenters. The van der Waals surface area contributed by atoms with Gasteiger partial charge in [0.15, 0.2) is 21.4 Å². The monoisotopic (exact) mass is 600 g/mol. The molecule has 2 aromatic heterocycles. The molecule has 0 radical (unpaired) electrons. The van der Waals surface area contributed by atoms with Crippen molar-refractivity contribution in [3.05, 3.63) is 83.6 Å². The molecule has 222 valence electrons. The van der Waals surface area contributed by atoms with Gasteiger partial charge in [-0.05, 0) is 62.7 Å². The second-order valence-electron chi connectivity index (χ2n) is 11.0. The van der Waals surface area contributed by atoms with Crippen LogP contribution in [0.25, 0.3) is 10.9 Å². The summed E-state index contributed by atoms with van der Waals surface area (Å²) in [5, 5.41) is 17.9. The predicted octanol–water partition coefficient (Wildman–Crippen LogP) is 2.66. The summed E-state index contributed by atoms with van der Waals surface area (Å²) < 4.78 is 12.0. The average Bonchev–Trinajstić information content (AvgIpc) is 3.44. The third kappa shape index (κ3) is 8.03. The predicted molar refractivity (Wildman–Crippen MR) is 173 cm³/mol. The molecule has 10 nitrogen and oxygen atoms in total. The van der Waals surface area contributed by atoms with Crippen molar-refractivity contribution in [1.82, 2.24) is 19.9 Å². The van der Waals surface area contributed by atoms with E-state index in [9.17, 15) is 9.90 Å². The Hall–Kier alpha value is -3.70. The van der Waals surface area contributed by atoms with Gasteiger partial charge in [0, 0.05) is 29.0 Å². The number of amides is 1. The Bertz CT molecular complexity index is 1550. The number of ether oxygens (including phenoxy) is 2. The van der Waals surface area contributed by atoms with E-state index in [0.717, 1.165) is 31.6 Å². The zero-order valence-corrected chi connectivity index (χ0v) is 25.3. The summed E-state index contributed by atoms with van der Waals surface area (Å²) in [6.07, 6.45) is 12.8. The van der Waals surface area contributed by atoms with Gasteiger partial charge in [-0.3, -0.25) is 14.7 Å². The molecule has 0 saturated carbocycles. The van der Waals surface area contributed by atoms with Crippen LogP contribution in [0.2, 0.25) is 0 Å². The van der Waals surface area contributed by atoms with E-state index in [-0.39, 0.29) is 23.8 Å². The highest BCUT2D eigenvalue weighted by molar-refractivity contribution is 6.37. The number of anilines is 2. The number of nitrogens with one attached hydrogen (secondary N) is 2. The summed E-state index contributed by atoms with van der Waals surface area (Å²) in [7, 11) is 3.04. The maximum absolute atomic E-state index is 13.0. The summed E-state index contributed by atoms with van der Waals surface area (Å²) in [5.41, 5.74) is 0.944. The third-order valence-electron chi connectivity index (χ3n) is 7.23. The van der Waals surface area contributed by atoms with Crippen LogP contribution in [0.3, 0.4) is 0 Å². The molecule has 13 heteroatoms. The number of halogens is 1. The van der Waals surface area contributed by atoms with Gasteiger partial charge in [-0.2, -0.15) is 0 Å². The van der Waals surface area contributed by atoms with Gasteiger partial charge in [0.05, 0.1) is 35.0 Å². The van der Waals surface area contributed by atoms with Crippen molar-refractivity contribution in [2.45, 2.75) is 50.5 Å². The van der Waals surface area contributed by atoms with E-state index in [1.807, 2.05) is 30.4 Å². The molecule has 1 saturated heterocycles. The quantitative estimate of drug-likeness (QED) is 0.173. The van der Waals surface area contributed by atoms with Crippen molar-refractivity contribution in [2.24, 2.45) is 0 Å². The van der Waals surface area contributed by atoms with Gasteiger partial charge in [0.25, 0.3) is 0 Å². The van der Waals surface area contributed by atoms with Gasteiger partial charge in [-0.15, -0.1) is 0 Å². The number of pyridine rings is 1. The molecule has 3 N–H and O–H groups in total. The number of fused-ring (bicyclic) bond motifs is 1. The Morgan fingerprint density at radius 2 is 2.12 bits per heavy atom. The molecule has 1 aliphatic heterocycles. The number of benzene rings is 1. The van der Waals surface area contributed by atoms with Crippen LogP contribution in [-0.2, 0) is 16.1 Å². The third-order valence-corrected chi connectivity index (χ3v) is 7.58. The van der Waals surface area contributed by atoms with E-state index in [1.54, 1.807) is 30.5 Å². The van der Waals surface area contributed by atoms with Crippen molar-refractivity contribution in [2.75, 3.05) is 23.7 Å². The number of allylic oxidation sites excluding steroid dienone is 1. The van der Waals surface area contributed by atoms with E-state index >= 15 is 0 Å². The number of nitrogens with zero attached hydrogens (tertiary/aromatic N) is 4. The molecule has 2 aliphatic rings. The second-order valence-corrected chi connectivity index (χ2v) is 11.4. The zero-order chi connectivity index (χ0) is 30.4. The Morgan fingerprint density at radius 1 is 1.26 bits per heavy atom. The van der Waals surface area contributed by atoms with Crippen molar-refractivity contribution < 1.29 is 19.4 Å². The van der Waals surface area contributed by atoms with Gasteiger partial charge in [-0.1, -0.05) is 36.7 Å². The summed E-state index contributed by atoms with van der Waals surface area (Å²) >= 11 is 6.61. The average molecular weight is 601 g/mol. The highest BCUT2D eigenvalue weighted by atomic mass is 35.5. The van der Waals surface area contributed by atoms with E-state index in [2.05, 4.69) is 37.4 Å². The first-order valence-electron chi connectivity index (χ1n) is 14.5. The molecule has 0 bridgehead atoms. The van der Waals surface area contributed by atoms with Gasteiger partial charge in [-0.25, -0.2) is 9.97 Å². The minimum atomic E-state index is -1.55. The SMILES string of the molecule is BC(B)(O)Oc1c(NC(=O)/C=C/[C@H]2CCCN2CC)ccc2ncnc(NC3=CCC(OCc4ccccn4)C(Cl)=C3)c12. The van der Waals surface area contributed by atoms with Crippen LogP contribution < -0.4 is 15.4 Å². The first kappa shape index (κ1) is 30.7. The lowest BCUT2D eigenvalue weighted by Crippen LogP contribution is -2.37. The highest BCUT2D eigenvalue weighted by Gasteiger charge is 2.25. The molecular formula is C30H35B2ClN6O4. The van der Waals surface area contributed by atoms with E-state index in [1.165, 1.54) is 22.0 Å². The number of hydrogen-bond donors (Lipinski definition) is 3. The number of hydrogen-bond acceptors (Lipinski definition) is 9. The van der Waals surface area contributed by atoms with E-state index in [4.69, 9.17) is 21.1 Å². The van der Waals surface area contributed by atoms with Gasteiger partial charge >= 0.3 is 0 Å². The minimum Gasteiger partial charge on any atom is -0.477 e. The lowest BCUT2D eigenvalue weighted by molar-refractivity contribution is -0.112. The standard InChI is InChI=1S/C30H35B2ClN6O4/c1-2-39-15-5-7-21(39)9-13-26(40)38-24-11-10-23-27(28(24)43-30(31,32)41)29(36-18-35-23)37-19-8-12-25(22(33)16-19)42-17-20-6-3-4-14-34-20/h3-4,6,8-11,13-14,16,18,21,25,41H,2,5,7,12,15,17,31-32H2,1H3,(H,38,40)(H,35,36,37)/b13-9+/t21-,25?/m1/s1. The first-order valence-corrected chi connectivity index (χ1v) is 14.9. The largest absolute Gasteiger partial charge is 0.477 e. The molecule has 1 aliphatic carbocycles. The summed E-state index contributed by atoms with van der Waals surface area (Å²) in [6, 6.07) is 9.40. The molecule has 3 heterocycles. The lowest BCUT2D eigenvalue weighted by Gasteiger charge is -2.25. The fourth-order valence-corrected chi connectivity index (χ4v) is 5.46. The fourth-order valence-electron chi connectivity index (χ4n) is 5.19. The van der Waals surface area contributed by atoms with Crippen LogP contribution in [0.1, 0.15) is 31.9 Å². The number of carbonyl (C=O) groups is 1. The van der Waals surface area contributed by atoms with Crippen LogP contribution in [-0.4, -0.2) is 77.4 Å². The number of rotatable bonds is 11. The summed E-state index contributed by atoms with van der Waals surface area (Å²) in [5.74, 6) is 0.380. The van der Waals surface area contributed by atoms with Crippen molar-refractivity contribution in [3.8, 4) is 5.75 Å². The Kier molecular flexibility index (Phi) is 9.82. The van der Waals surface area contributed by atoms with Gasteiger partial charge < -0.3 is 25.2 Å². The molecular weight excluding hydrogens is 565 g/mol. The number of likely N-dealkylation sites (tertiary alicyclic amines) is 1. The number of aromatic nitrogens is 3. The van der Waals surface area contributed by atoms with E-state index < -0.39 is 5.59 Å². The molecule has 5 rings (SSSR count). The number of likely N-dealkylation sites (N-methyl/N-ethyl adjacent to an activating group) is 1. The normalized spacial score (nSPS) is 19.3. The Morgan fingerprint density at radius 3 is 2.86 bits per heavy atom. The van der Waals surface area contributed by atoms with Crippen molar-refractivity contribution in [1.29, 1.82) is 0 Å². The fraction of sp³-hybridized carbons (Fsp3) is 0.333. The zero-order valence-electron chi connectivity index (χ0n) is 24.6. The van der Waals surface area contributed by atoms with Crippen LogP contribution in [0, 0.1) is 0 Å². The van der Waals surface area contributed by atoms with Crippen LogP contribution in [0.15, 0.2) is 77.9 Å². The maximum Gasteiger partial charge on any atom is 0.248 e. The molecule has 3 aromatic rings. The number of carbonyl (C=O) groups excluding carboxylic acids is 1. The Balaban J connectivity index is 1.38. The maximum atomic E-state index is 13.0. The summed E-state index contributed by atoms with van der Waals surface area (Å²) in [4.78, 5) is 28.5. The van der Waals surface area contributed by atoms with E-state index in [0.29, 0.717) is 46.2 Å². The highest BCUT2D eigenvalue weighted by Crippen LogP contribution is 2.39. The lowest BCUT2D eigenvalue weighted by atomic mass is 9.76. The van der Waals surface area contributed by atoms with Gasteiger partial charge in [0.2, 0.25) is 5.91 Å².